The van der Waals surface area contributed by atoms with Crippen molar-refractivity contribution in [3.63, 3.8) is 0 Å². The van der Waals surface area contributed by atoms with Gasteiger partial charge in [0.15, 0.2) is 0 Å². The number of carbonyl (C=O) groups is 2. The van der Waals surface area contributed by atoms with E-state index >= 15 is 0 Å². The van der Waals surface area contributed by atoms with Crippen LogP contribution in [0.1, 0.15) is 12.0 Å². The number of hydrogen-bond acceptors (Lipinski definition) is 5. The van der Waals surface area contributed by atoms with Crippen LogP contribution in [0.25, 0.3) is 0 Å². The van der Waals surface area contributed by atoms with Gasteiger partial charge in [-0.15, -0.1) is 0 Å². The molecule has 0 unspecified atom stereocenters. The fraction of sp³-hybridized carbons (Fsp3) is 0.444. The predicted molar refractivity (Wildman–Crippen MR) is 96.9 cm³/mol. The van der Waals surface area contributed by atoms with Gasteiger partial charge in [0.05, 0.1) is 6.61 Å². The van der Waals surface area contributed by atoms with E-state index in [2.05, 4.69) is 54.2 Å². The molecule has 0 aromatic heterocycles. The van der Waals surface area contributed by atoms with Crippen LogP contribution in [0.4, 0.5) is 0 Å². The van der Waals surface area contributed by atoms with E-state index in [9.17, 15) is 0 Å². The summed E-state index contributed by atoms with van der Waals surface area (Å²) in [7, 11) is 4.18. The van der Waals surface area contributed by atoms with Crippen molar-refractivity contribution in [1.29, 1.82) is 0 Å². The summed E-state index contributed by atoms with van der Waals surface area (Å²) in [6, 6.07) is 8.46. The quantitative estimate of drug-likeness (QED) is 0.439. The molecule has 0 spiro atoms. The molecule has 1 aromatic rings. The largest absolute Gasteiger partial charge is 0.494 e. The van der Waals surface area contributed by atoms with E-state index < -0.39 is 0 Å². The maximum Gasteiger partial charge on any atom is 0.290 e. The first-order valence-electron chi connectivity index (χ1n) is 7.96. The number of ether oxygens (including phenoxy) is 1. The van der Waals surface area contributed by atoms with Crippen molar-refractivity contribution in [2.24, 2.45) is 0 Å². The van der Waals surface area contributed by atoms with Gasteiger partial charge in [-0.05, 0) is 38.2 Å². The highest BCUT2D eigenvalue weighted by Crippen LogP contribution is 2.16. The molecule has 1 aromatic carbocycles. The molecular formula is C18H28N2O5. The van der Waals surface area contributed by atoms with Crippen LogP contribution in [-0.4, -0.2) is 73.3 Å². The molecule has 1 aliphatic heterocycles. The normalized spacial score (nSPS) is 12.6. The third-order valence-corrected chi connectivity index (χ3v) is 3.22. The van der Waals surface area contributed by atoms with Crippen molar-refractivity contribution in [1.82, 2.24) is 9.80 Å². The van der Waals surface area contributed by atoms with Gasteiger partial charge in [-0.1, -0.05) is 24.3 Å². The Balaban J connectivity index is 0.000000844. The van der Waals surface area contributed by atoms with E-state index in [4.69, 9.17) is 24.5 Å². The van der Waals surface area contributed by atoms with Crippen molar-refractivity contribution >= 4 is 12.9 Å². The Morgan fingerprint density at radius 2 is 1.76 bits per heavy atom. The van der Waals surface area contributed by atoms with Crippen molar-refractivity contribution in [2.75, 3.05) is 40.3 Å². The lowest BCUT2D eigenvalue weighted by molar-refractivity contribution is -0.123. The summed E-state index contributed by atoms with van der Waals surface area (Å²) in [5.41, 5.74) is 1.33. The van der Waals surface area contributed by atoms with E-state index in [1.807, 2.05) is 6.07 Å². The highest BCUT2D eigenvalue weighted by atomic mass is 16.5. The first-order chi connectivity index (χ1) is 12.1. The topological polar surface area (TPSA) is 90.3 Å². The Kier molecular flexibility index (Phi) is 13.7. The lowest BCUT2D eigenvalue weighted by Crippen LogP contribution is -2.19. The molecule has 0 amide bonds. The number of hydrogen-bond donors (Lipinski definition) is 2. The Hall–Kier alpha value is -2.38. The minimum atomic E-state index is -0.250. The number of benzene rings is 1. The molecule has 0 saturated heterocycles. The summed E-state index contributed by atoms with van der Waals surface area (Å²) in [5, 5.41) is 13.8. The first-order valence-corrected chi connectivity index (χ1v) is 7.96. The van der Waals surface area contributed by atoms with Gasteiger partial charge in [0.25, 0.3) is 12.9 Å². The van der Waals surface area contributed by atoms with Crippen molar-refractivity contribution in [2.45, 2.75) is 13.0 Å². The summed E-state index contributed by atoms with van der Waals surface area (Å²) in [5.74, 6) is 0.989. The van der Waals surface area contributed by atoms with Crippen LogP contribution < -0.4 is 4.74 Å². The molecule has 0 saturated carbocycles. The van der Waals surface area contributed by atoms with E-state index in [-0.39, 0.29) is 12.9 Å². The van der Waals surface area contributed by atoms with Gasteiger partial charge in [0.2, 0.25) is 0 Å². The molecule has 0 bridgehead atoms. The zero-order valence-electron chi connectivity index (χ0n) is 14.9. The van der Waals surface area contributed by atoms with Crippen LogP contribution in [0, 0.1) is 0 Å². The monoisotopic (exact) mass is 352 g/mol. The zero-order chi connectivity index (χ0) is 18.9. The molecule has 7 nitrogen and oxygen atoms in total. The van der Waals surface area contributed by atoms with Gasteiger partial charge in [0, 0.05) is 26.2 Å². The van der Waals surface area contributed by atoms with Gasteiger partial charge in [0.1, 0.15) is 5.75 Å². The summed E-state index contributed by atoms with van der Waals surface area (Å²) in [4.78, 5) is 21.3. The molecule has 1 aliphatic rings. The fourth-order valence-corrected chi connectivity index (χ4v) is 2.21. The molecule has 140 valence electrons. The molecule has 0 aliphatic carbocycles. The average Bonchev–Trinajstić information content (AvgIpc) is 3.06. The lowest BCUT2D eigenvalue weighted by atomic mass is 10.2. The van der Waals surface area contributed by atoms with Crippen molar-refractivity contribution in [3.8, 4) is 5.75 Å². The second-order valence-corrected chi connectivity index (χ2v) is 5.53. The van der Waals surface area contributed by atoms with Crippen LogP contribution >= 0.6 is 0 Å². The molecule has 1 heterocycles. The van der Waals surface area contributed by atoms with Crippen molar-refractivity contribution < 1.29 is 24.5 Å². The van der Waals surface area contributed by atoms with E-state index in [0.717, 1.165) is 45.0 Å². The minimum absolute atomic E-state index is 0.250. The van der Waals surface area contributed by atoms with Crippen LogP contribution in [0.3, 0.4) is 0 Å². The van der Waals surface area contributed by atoms with Crippen LogP contribution in [0.5, 0.6) is 5.75 Å². The van der Waals surface area contributed by atoms with Crippen LogP contribution in [0.2, 0.25) is 0 Å². The zero-order valence-corrected chi connectivity index (χ0v) is 14.9. The second-order valence-electron chi connectivity index (χ2n) is 5.53. The third kappa shape index (κ3) is 12.7. The van der Waals surface area contributed by atoms with E-state index in [0.29, 0.717) is 0 Å². The summed E-state index contributed by atoms with van der Waals surface area (Å²) in [6.07, 6.45) is 5.51. The molecule has 0 atom stereocenters. The second kappa shape index (κ2) is 15.2. The summed E-state index contributed by atoms with van der Waals surface area (Å²) < 4.78 is 5.80. The summed E-state index contributed by atoms with van der Waals surface area (Å²) in [6.45, 7) is 4.48. The molecule has 2 N–H and O–H groups in total. The minimum Gasteiger partial charge on any atom is -0.494 e. The first kappa shape index (κ1) is 22.6. The number of rotatable bonds is 7. The maximum absolute atomic E-state index is 8.36. The SMILES string of the molecule is CN(C)CCCOc1cccc(CN2CC=CC2)c1.O=CO.O=CO. The maximum atomic E-state index is 8.36. The third-order valence-electron chi connectivity index (χ3n) is 3.22. The Labute approximate surface area is 149 Å². The van der Waals surface area contributed by atoms with Crippen LogP contribution in [0.15, 0.2) is 36.4 Å². The highest BCUT2D eigenvalue weighted by molar-refractivity contribution is 5.33. The average molecular weight is 352 g/mol. The van der Waals surface area contributed by atoms with Crippen LogP contribution in [-0.2, 0) is 16.1 Å². The Morgan fingerprint density at radius 1 is 1.16 bits per heavy atom. The molecule has 0 fully saturated rings. The molecule has 25 heavy (non-hydrogen) atoms. The Bertz CT molecular complexity index is 492. The predicted octanol–water partition coefficient (Wildman–Crippen LogP) is 1.79. The number of nitrogens with zero attached hydrogens (tertiary/aromatic N) is 2. The van der Waals surface area contributed by atoms with Gasteiger partial charge in [-0.3, -0.25) is 14.5 Å². The van der Waals surface area contributed by atoms with E-state index in [1.165, 1.54) is 5.56 Å². The number of carboxylic acid groups (broad SMARTS) is 2. The molecule has 7 heteroatoms. The van der Waals surface area contributed by atoms with E-state index in [1.54, 1.807) is 0 Å². The van der Waals surface area contributed by atoms with Crippen molar-refractivity contribution in [3.05, 3.63) is 42.0 Å². The molecular weight excluding hydrogens is 324 g/mol. The fourth-order valence-electron chi connectivity index (χ4n) is 2.21. The van der Waals surface area contributed by atoms with Gasteiger partial charge >= 0.3 is 0 Å². The van der Waals surface area contributed by atoms with Gasteiger partial charge in [-0.2, -0.15) is 0 Å². The van der Waals surface area contributed by atoms with Gasteiger partial charge < -0.3 is 19.8 Å². The van der Waals surface area contributed by atoms with Gasteiger partial charge in [-0.25, -0.2) is 0 Å². The smallest absolute Gasteiger partial charge is 0.290 e. The molecule has 2 rings (SSSR count). The lowest BCUT2D eigenvalue weighted by Gasteiger charge is -2.15. The standard InChI is InChI=1S/C16H24N2O.2CH2O2/c1-17(2)9-6-12-19-16-8-5-7-15(13-16)14-18-10-3-4-11-18;2*2-1-3/h3-5,7-8,13H,6,9-12,14H2,1-2H3;2*1H,(H,2,3). The molecule has 0 radical (unpaired) electrons. The Morgan fingerprint density at radius 3 is 2.32 bits per heavy atom. The highest BCUT2D eigenvalue weighted by Gasteiger charge is 2.07. The summed E-state index contributed by atoms with van der Waals surface area (Å²) >= 11 is 0.